The van der Waals surface area contributed by atoms with Crippen LogP contribution in [0.4, 0.5) is 0 Å². The summed E-state index contributed by atoms with van der Waals surface area (Å²) in [5, 5.41) is 5.94. The first-order valence-electron chi connectivity index (χ1n) is 8.71. The molecule has 1 amide bonds. The summed E-state index contributed by atoms with van der Waals surface area (Å²) in [6, 6.07) is 21.0. The van der Waals surface area contributed by atoms with Gasteiger partial charge in [-0.1, -0.05) is 36.4 Å². The van der Waals surface area contributed by atoms with Crippen LogP contribution in [0.15, 0.2) is 71.1 Å². The zero-order chi connectivity index (χ0) is 18.6. The molecule has 0 unspecified atom stereocenters. The number of amides is 1. The summed E-state index contributed by atoms with van der Waals surface area (Å²) >= 11 is 0. The van der Waals surface area contributed by atoms with Crippen LogP contribution in [-0.4, -0.2) is 26.2 Å². The standard InChI is InChI=1S/C22H19NO4/c1-25-16-6-4-7-17(13-16)26-12-11-23-22(24)21-14-19-18-8-3-2-5-15(18)9-10-20(19)27-21/h2-10,13-14H,11-12H2,1H3,(H,23,24). The van der Waals surface area contributed by atoms with Gasteiger partial charge in [0.05, 0.1) is 13.7 Å². The van der Waals surface area contributed by atoms with Crippen LogP contribution < -0.4 is 14.8 Å². The third-order valence-electron chi connectivity index (χ3n) is 4.35. The van der Waals surface area contributed by atoms with Crippen molar-refractivity contribution in [3.63, 3.8) is 0 Å². The Morgan fingerprint density at radius 2 is 1.81 bits per heavy atom. The predicted molar refractivity (Wildman–Crippen MR) is 105 cm³/mol. The van der Waals surface area contributed by atoms with Gasteiger partial charge in [-0.25, -0.2) is 0 Å². The first-order valence-corrected chi connectivity index (χ1v) is 8.71. The van der Waals surface area contributed by atoms with Crippen molar-refractivity contribution in [2.24, 2.45) is 0 Å². The van der Waals surface area contributed by atoms with E-state index >= 15 is 0 Å². The minimum absolute atomic E-state index is 0.260. The number of hydrogen-bond acceptors (Lipinski definition) is 4. The fourth-order valence-electron chi connectivity index (χ4n) is 3.02. The van der Waals surface area contributed by atoms with Gasteiger partial charge >= 0.3 is 0 Å². The number of benzene rings is 3. The van der Waals surface area contributed by atoms with E-state index in [1.165, 1.54) is 0 Å². The molecular weight excluding hydrogens is 342 g/mol. The molecule has 4 aromatic rings. The second-order valence-corrected chi connectivity index (χ2v) is 6.09. The zero-order valence-electron chi connectivity index (χ0n) is 14.9. The van der Waals surface area contributed by atoms with Crippen LogP contribution in [0, 0.1) is 0 Å². The summed E-state index contributed by atoms with van der Waals surface area (Å²) in [7, 11) is 1.61. The molecule has 5 nitrogen and oxygen atoms in total. The zero-order valence-corrected chi connectivity index (χ0v) is 14.9. The molecule has 27 heavy (non-hydrogen) atoms. The topological polar surface area (TPSA) is 60.7 Å². The molecule has 5 heteroatoms. The molecule has 1 N–H and O–H groups in total. The van der Waals surface area contributed by atoms with Gasteiger partial charge in [0.1, 0.15) is 23.7 Å². The van der Waals surface area contributed by atoms with Gasteiger partial charge in [0.25, 0.3) is 5.91 Å². The van der Waals surface area contributed by atoms with Gasteiger partial charge < -0.3 is 19.2 Å². The highest BCUT2D eigenvalue weighted by atomic mass is 16.5. The number of hydrogen-bond donors (Lipinski definition) is 1. The summed E-state index contributed by atoms with van der Waals surface area (Å²) in [6.45, 7) is 0.718. The lowest BCUT2D eigenvalue weighted by Gasteiger charge is -2.08. The van der Waals surface area contributed by atoms with Crippen LogP contribution in [-0.2, 0) is 0 Å². The van der Waals surface area contributed by atoms with E-state index < -0.39 is 0 Å². The maximum absolute atomic E-state index is 12.4. The molecule has 136 valence electrons. The van der Waals surface area contributed by atoms with Gasteiger partial charge in [-0.05, 0) is 35.0 Å². The summed E-state index contributed by atoms with van der Waals surface area (Å²) < 4.78 is 16.5. The Balaban J connectivity index is 1.40. The second-order valence-electron chi connectivity index (χ2n) is 6.09. The lowest BCUT2D eigenvalue weighted by atomic mass is 10.1. The van der Waals surface area contributed by atoms with E-state index in [2.05, 4.69) is 5.32 Å². The molecule has 0 saturated carbocycles. The average molecular weight is 361 g/mol. The van der Waals surface area contributed by atoms with E-state index in [0.717, 1.165) is 21.9 Å². The fourth-order valence-corrected chi connectivity index (χ4v) is 3.02. The summed E-state index contributed by atoms with van der Waals surface area (Å²) in [5.74, 6) is 1.46. The molecule has 1 aromatic heterocycles. The molecule has 0 aliphatic rings. The van der Waals surface area contributed by atoms with E-state index in [1.807, 2.05) is 54.6 Å². The Morgan fingerprint density at radius 3 is 2.70 bits per heavy atom. The lowest BCUT2D eigenvalue weighted by molar-refractivity contribution is 0.0921. The first kappa shape index (κ1) is 17.0. The molecule has 0 aliphatic carbocycles. The number of ether oxygens (including phenoxy) is 2. The van der Waals surface area contributed by atoms with Gasteiger partial charge in [-0.3, -0.25) is 4.79 Å². The van der Waals surface area contributed by atoms with Crippen molar-refractivity contribution in [3.05, 3.63) is 72.5 Å². The molecule has 0 radical (unpaired) electrons. The predicted octanol–water partition coefficient (Wildman–Crippen LogP) is 4.40. The number of methoxy groups -OCH3 is 1. The quantitative estimate of drug-likeness (QED) is 0.517. The van der Waals surface area contributed by atoms with Crippen LogP contribution in [0.25, 0.3) is 21.7 Å². The highest BCUT2D eigenvalue weighted by Crippen LogP contribution is 2.28. The molecule has 0 saturated heterocycles. The number of carbonyl (C=O) groups is 1. The van der Waals surface area contributed by atoms with Crippen molar-refractivity contribution in [2.45, 2.75) is 0 Å². The average Bonchev–Trinajstić information content (AvgIpc) is 3.16. The number of rotatable bonds is 6. The van der Waals surface area contributed by atoms with Gasteiger partial charge in [0, 0.05) is 11.5 Å². The van der Waals surface area contributed by atoms with Crippen molar-refractivity contribution >= 4 is 27.6 Å². The minimum atomic E-state index is -0.260. The van der Waals surface area contributed by atoms with Crippen molar-refractivity contribution in [1.29, 1.82) is 0 Å². The van der Waals surface area contributed by atoms with Crippen molar-refractivity contribution < 1.29 is 18.7 Å². The fraction of sp³-hybridized carbons (Fsp3) is 0.136. The molecule has 0 aliphatic heterocycles. The van der Waals surface area contributed by atoms with Gasteiger partial charge in [0.2, 0.25) is 0 Å². The van der Waals surface area contributed by atoms with Crippen LogP contribution in [0.2, 0.25) is 0 Å². The van der Waals surface area contributed by atoms with E-state index in [1.54, 1.807) is 19.2 Å². The summed E-state index contributed by atoms with van der Waals surface area (Å²) in [5.41, 5.74) is 0.700. The normalized spacial score (nSPS) is 10.9. The SMILES string of the molecule is COc1cccc(OCCNC(=O)c2cc3c(ccc4ccccc43)o2)c1. The summed E-state index contributed by atoms with van der Waals surface area (Å²) in [6.07, 6.45) is 0. The van der Waals surface area contributed by atoms with E-state index in [-0.39, 0.29) is 5.91 Å². The maximum Gasteiger partial charge on any atom is 0.287 e. The largest absolute Gasteiger partial charge is 0.497 e. The smallest absolute Gasteiger partial charge is 0.287 e. The molecule has 0 bridgehead atoms. The van der Waals surface area contributed by atoms with Crippen molar-refractivity contribution in [2.75, 3.05) is 20.3 Å². The molecule has 3 aromatic carbocycles. The van der Waals surface area contributed by atoms with E-state index in [0.29, 0.717) is 30.2 Å². The summed E-state index contributed by atoms with van der Waals surface area (Å²) in [4.78, 5) is 12.4. The molecular formula is C22H19NO4. The Kier molecular flexibility index (Phi) is 4.66. The van der Waals surface area contributed by atoms with E-state index in [9.17, 15) is 4.79 Å². The van der Waals surface area contributed by atoms with Crippen molar-refractivity contribution in [3.8, 4) is 11.5 Å². The maximum atomic E-state index is 12.4. The molecule has 4 rings (SSSR count). The third kappa shape index (κ3) is 3.58. The van der Waals surface area contributed by atoms with Crippen molar-refractivity contribution in [1.82, 2.24) is 5.32 Å². The molecule has 1 heterocycles. The third-order valence-corrected chi connectivity index (χ3v) is 4.35. The van der Waals surface area contributed by atoms with E-state index in [4.69, 9.17) is 13.9 Å². The Hall–Kier alpha value is -3.47. The van der Waals surface area contributed by atoms with Gasteiger partial charge in [0.15, 0.2) is 5.76 Å². The number of nitrogens with one attached hydrogen (secondary N) is 1. The molecule has 0 atom stereocenters. The Morgan fingerprint density at radius 1 is 0.963 bits per heavy atom. The number of furan rings is 1. The first-order chi connectivity index (χ1) is 13.2. The highest BCUT2D eigenvalue weighted by Gasteiger charge is 2.13. The van der Waals surface area contributed by atoms with Crippen LogP contribution in [0.3, 0.4) is 0 Å². The highest BCUT2D eigenvalue weighted by molar-refractivity contribution is 6.08. The van der Waals surface area contributed by atoms with Gasteiger partial charge in [-0.15, -0.1) is 0 Å². The minimum Gasteiger partial charge on any atom is -0.497 e. The van der Waals surface area contributed by atoms with Gasteiger partial charge in [-0.2, -0.15) is 0 Å². The van der Waals surface area contributed by atoms with Crippen LogP contribution in [0.5, 0.6) is 11.5 Å². The van der Waals surface area contributed by atoms with Crippen LogP contribution >= 0.6 is 0 Å². The second kappa shape index (κ2) is 7.41. The number of fused-ring (bicyclic) bond motifs is 3. The monoisotopic (exact) mass is 361 g/mol. The Labute approximate surface area is 156 Å². The molecule has 0 spiro atoms. The molecule has 0 fully saturated rings. The lowest BCUT2D eigenvalue weighted by Crippen LogP contribution is -2.27. The van der Waals surface area contributed by atoms with Crippen LogP contribution in [0.1, 0.15) is 10.6 Å². The Bertz CT molecular complexity index is 1100. The number of carbonyl (C=O) groups excluding carboxylic acids is 1.